The number of nitrogens with zero attached hydrogens (tertiary/aromatic N) is 4. The topological polar surface area (TPSA) is 142 Å². The first kappa shape index (κ1) is 34.6. The molecule has 4 aromatic rings. The highest BCUT2D eigenvalue weighted by atomic mass is 16.2. The Morgan fingerprint density at radius 2 is 0.981 bits per heavy atom. The number of nitrogens with two attached hydrogens (primary N) is 2. The number of carbonyl (C=O) groups is 2. The number of carbonyl (C=O) groups excluding carboxylic acids is 2. The molecule has 4 unspecified atom stereocenters. The van der Waals surface area contributed by atoms with Crippen molar-refractivity contribution in [3.05, 3.63) is 107 Å². The Kier molecular flexibility index (Phi) is 7.33. The van der Waals surface area contributed by atoms with E-state index in [1.54, 1.807) is 14.1 Å². The number of aryl methyl sites for hydroxylation is 2. The van der Waals surface area contributed by atoms with Crippen molar-refractivity contribution in [2.75, 3.05) is 14.1 Å². The third-order valence-corrected chi connectivity index (χ3v) is 12.2. The van der Waals surface area contributed by atoms with Crippen LogP contribution in [0, 0.1) is 24.7 Å². The average molecular weight is 699 g/mol. The lowest BCUT2D eigenvalue weighted by Crippen LogP contribution is -2.85. The van der Waals surface area contributed by atoms with Crippen LogP contribution in [0.25, 0.3) is 22.3 Å². The molecule has 10 heteroatoms. The van der Waals surface area contributed by atoms with E-state index in [4.69, 9.17) is 11.5 Å². The van der Waals surface area contributed by atoms with E-state index in [-0.39, 0.29) is 22.6 Å². The zero-order valence-electron chi connectivity index (χ0n) is 31.5. The van der Waals surface area contributed by atoms with Crippen LogP contribution in [0.15, 0.2) is 73.3 Å². The molecule has 0 radical (unpaired) electrons. The minimum Gasteiger partial charge on any atom is -0.309 e. The van der Waals surface area contributed by atoms with Crippen LogP contribution in [-0.2, 0) is 33.5 Å². The largest absolute Gasteiger partial charge is 0.309 e. The molecule has 2 saturated heterocycles. The van der Waals surface area contributed by atoms with E-state index >= 15 is 9.59 Å². The molecule has 6 N–H and O–H groups in total. The molecule has 0 saturated carbocycles. The van der Waals surface area contributed by atoms with Crippen LogP contribution in [0.4, 0.5) is 0 Å². The summed E-state index contributed by atoms with van der Waals surface area (Å²) in [6, 6.07) is 16.9. The Balaban J connectivity index is 1.26. The number of amides is 2. The highest BCUT2D eigenvalue weighted by Crippen LogP contribution is 2.54. The summed E-state index contributed by atoms with van der Waals surface area (Å²) in [5, 5.41) is 7.35. The monoisotopic (exact) mass is 698 g/mol. The van der Waals surface area contributed by atoms with Crippen molar-refractivity contribution < 1.29 is 9.59 Å². The fourth-order valence-electron chi connectivity index (χ4n) is 9.95. The molecule has 270 valence electrons. The molecular formula is C42H50N8O2. The van der Waals surface area contributed by atoms with Crippen LogP contribution in [0.2, 0.25) is 0 Å². The van der Waals surface area contributed by atoms with Crippen molar-refractivity contribution >= 4 is 11.8 Å². The molecule has 2 aromatic carbocycles. The zero-order chi connectivity index (χ0) is 37.2. The van der Waals surface area contributed by atoms with Gasteiger partial charge >= 0.3 is 0 Å². The molecule has 2 spiro atoms. The second-order valence-electron chi connectivity index (χ2n) is 17.6. The second kappa shape index (κ2) is 11.0. The Labute approximate surface area is 306 Å². The molecule has 4 aliphatic rings. The van der Waals surface area contributed by atoms with Gasteiger partial charge in [0.1, 0.15) is 11.1 Å². The maximum Gasteiger partial charge on any atom is 0.250 e. The van der Waals surface area contributed by atoms with Crippen molar-refractivity contribution in [3.8, 4) is 22.3 Å². The second-order valence-corrected chi connectivity index (χ2v) is 17.6. The van der Waals surface area contributed by atoms with Crippen LogP contribution in [-0.4, -0.2) is 57.3 Å². The zero-order valence-corrected chi connectivity index (χ0v) is 31.5. The number of aromatic nitrogens is 2. The average Bonchev–Trinajstić information content (AvgIpc) is 3.39. The minimum absolute atomic E-state index is 0.185. The Bertz CT molecular complexity index is 2030. The molecule has 52 heavy (non-hydrogen) atoms. The number of benzene rings is 2. The number of likely N-dealkylation sites (N-methyl/N-ethyl adjacent to an activating group) is 2. The third kappa shape index (κ3) is 4.84. The van der Waals surface area contributed by atoms with Crippen LogP contribution in [0.3, 0.4) is 0 Å². The lowest BCUT2D eigenvalue weighted by atomic mass is 9.64. The van der Waals surface area contributed by atoms with Crippen LogP contribution >= 0.6 is 0 Å². The van der Waals surface area contributed by atoms with E-state index in [0.29, 0.717) is 12.8 Å². The summed E-state index contributed by atoms with van der Waals surface area (Å²) >= 11 is 0. The summed E-state index contributed by atoms with van der Waals surface area (Å²) in [7, 11) is 3.39. The predicted molar refractivity (Wildman–Crippen MR) is 202 cm³/mol. The summed E-state index contributed by atoms with van der Waals surface area (Å²) < 4.78 is 0. The van der Waals surface area contributed by atoms with Gasteiger partial charge in [-0.3, -0.25) is 41.7 Å². The van der Waals surface area contributed by atoms with Crippen molar-refractivity contribution in [1.29, 1.82) is 0 Å². The smallest absolute Gasteiger partial charge is 0.250 e. The lowest BCUT2D eigenvalue weighted by molar-refractivity contribution is -0.143. The summed E-state index contributed by atoms with van der Waals surface area (Å²) in [6.07, 6.45) is 9.94. The number of rotatable bonds is 3. The Hall–Kier alpha value is -4.48. The molecule has 8 rings (SSSR count). The van der Waals surface area contributed by atoms with Crippen molar-refractivity contribution in [1.82, 2.24) is 30.4 Å². The molecule has 2 fully saturated rings. The summed E-state index contributed by atoms with van der Waals surface area (Å²) in [5.41, 5.74) is 22.0. The van der Waals surface area contributed by atoms with Gasteiger partial charge in [0.25, 0.3) is 0 Å². The molecule has 4 heterocycles. The summed E-state index contributed by atoms with van der Waals surface area (Å²) in [6.45, 7) is 12.8. The maximum atomic E-state index is 15.0. The van der Waals surface area contributed by atoms with E-state index in [0.717, 1.165) is 68.5 Å². The Morgan fingerprint density at radius 1 is 0.596 bits per heavy atom. The highest BCUT2D eigenvalue weighted by Gasteiger charge is 2.73. The quantitative estimate of drug-likeness (QED) is 0.239. The summed E-state index contributed by atoms with van der Waals surface area (Å²) in [5.74, 6) is -3.78. The van der Waals surface area contributed by atoms with Gasteiger partial charge in [-0.15, -0.1) is 0 Å². The number of hydrogen-bond donors (Lipinski definition) is 4. The first-order valence-corrected chi connectivity index (χ1v) is 18.2. The van der Waals surface area contributed by atoms with Gasteiger partial charge in [-0.25, -0.2) is 0 Å². The normalized spacial score (nSPS) is 30.3. The predicted octanol–water partition coefficient (Wildman–Crippen LogP) is 4.81. The van der Waals surface area contributed by atoms with E-state index < -0.39 is 22.7 Å². The van der Waals surface area contributed by atoms with E-state index in [9.17, 15) is 0 Å². The van der Waals surface area contributed by atoms with E-state index in [2.05, 4.69) is 96.8 Å². The van der Waals surface area contributed by atoms with Gasteiger partial charge in [-0.1, -0.05) is 52.0 Å². The standard InChI is InChI=1S/C42H50N8O2/c1-25-13-31(21-45-19-25)27-9-11-29-17-37(3,4)23-39(33(29)15-27)35(51)49(7)41(43,47-39)42(44)48-40(36(52)50(42)8)24-38(5,6)18-30-12-10-28(16-34(30)40)32-14-26(2)20-46-22-32/h9-16,19-22,47-48H,17-18,23-24,43-44H2,1-8H3. The molecule has 2 aliphatic carbocycles. The molecule has 4 atom stereocenters. The van der Waals surface area contributed by atoms with Gasteiger partial charge < -0.3 is 9.80 Å². The van der Waals surface area contributed by atoms with E-state index in [1.165, 1.54) is 9.80 Å². The molecule has 2 aromatic heterocycles. The van der Waals surface area contributed by atoms with Crippen LogP contribution < -0.4 is 22.1 Å². The minimum atomic E-state index is -1.70. The Morgan fingerprint density at radius 3 is 1.35 bits per heavy atom. The molecule has 10 nitrogen and oxygen atoms in total. The molecular weight excluding hydrogens is 649 g/mol. The van der Waals surface area contributed by atoms with Gasteiger partial charge in [0, 0.05) is 50.0 Å². The summed E-state index contributed by atoms with van der Waals surface area (Å²) in [4.78, 5) is 41.9. The first-order chi connectivity index (χ1) is 24.3. The van der Waals surface area contributed by atoms with E-state index in [1.807, 2.05) is 38.6 Å². The van der Waals surface area contributed by atoms with Gasteiger partial charge in [-0.2, -0.15) is 0 Å². The highest BCUT2D eigenvalue weighted by molar-refractivity contribution is 5.95. The van der Waals surface area contributed by atoms with Gasteiger partial charge in [0.15, 0.2) is 11.6 Å². The van der Waals surface area contributed by atoms with Gasteiger partial charge in [-0.05, 0) is 119 Å². The van der Waals surface area contributed by atoms with Crippen LogP contribution in [0.5, 0.6) is 0 Å². The molecule has 2 aliphatic heterocycles. The van der Waals surface area contributed by atoms with Crippen molar-refractivity contribution in [2.45, 2.75) is 89.9 Å². The molecule has 0 bridgehead atoms. The van der Waals surface area contributed by atoms with Crippen molar-refractivity contribution in [2.24, 2.45) is 22.3 Å². The number of fused-ring (bicyclic) bond motifs is 4. The van der Waals surface area contributed by atoms with Gasteiger partial charge in [0.05, 0.1) is 0 Å². The van der Waals surface area contributed by atoms with Crippen LogP contribution in [0.1, 0.15) is 73.9 Å². The maximum absolute atomic E-state index is 15.0. The third-order valence-electron chi connectivity index (χ3n) is 12.2. The molecule has 2 amide bonds. The fourth-order valence-corrected chi connectivity index (χ4v) is 9.95. The lowest BCUT2D eigenvalue weighted by Gasteiger charge is -2.50. The SMILES string of the molecule is Cc1cncc(-c2ccc3c(c2)C2(CC(C)(C)C3)NC(N)(C3(N)NC4(CC(C)(C)Cc5ccc(-c6cncc(C)c6)cc54)C(=O)N3C)N(C)C2=O)c1. The fraction of sp³-hybridized carbons (Fsp3) is 0.429. The number of hydrogen-bond acceptors (Lipinski definition) is 8. The van der Waals surface area contributed by atoms with Gasteiger partial charge in [0.2, 0.25) is 11.8 Å². The number of nitrogens with one attached hydrogen (secondary N) is 2. The number of pyridine rings is 2. The van der Waals surface area contributed by atoms with Crippen molar-refractivity contribution in [3.63, 3.8) is 0 Å². The first-order valence-electron chi connectivity index (χ1n) is 18.2.